The van der Waals surface area contributed by atoms with Crippen LogP contribution in [0, 0.1) is 11.7 Å². The zero-order chi connectivity index (χ0) is 19.0. The Morgan fingerprint density at radius 2 is 2.15 bits per heavy atom. The van der Waals surface area contributed by atoms with Crippen molar-refractivity contribution in [3.8, 4) is 5.75 Å². The zero-order valence-corrected chi connectivity index (χ0v) is 15.6. The summed E-state index contributed by atoms with van der Waals surface area (Å²) < 4.78 is 19.8. The quantitative estimate of drug-likeness (QED) is 0.849. The Labute approximate surface area is 158 Å². The number of benzene rings is 1. The van der Waals surface area contributed by atoms with E-state index in [1.807, 2.05) is 24.0 Å². The van der Waals surface area contributed by atoms with Gasteiger partial charge in [-0.3, -0.25) is 9.78 Å². The summed E-state index contributed by atoms with van der Waals surface area (Å²) in [4.78, 5) is 19.4. The second-order valence-electron chi connectivity index (χ2n) is 7.36. The van der Waals surface area contributed by atoms with Crippen molar-refractivity contribution < 1.29 is 13.9 Å². The minimum Gasteiger partial charge on any atom is -0.496 e. The van der Waals surface area contributed by atoms with Crippen LogP contribution in [0.3, 0.4) is 0 Å². The summed E-state index contributed by atoms with van der Waals surface area (Å²) in [6.07, 6.45) is 4.09. The smallest absolute Gasteiger partial charge is 0.231 e. The fourth-order valence-electron chi connectivity index (χ4n) is 3.82. The van der Waals surface area contributed by atoms with Gasteiger partial charge in [0.15, 0.2) is 0 Å². The van der Waals surface area contributed by atoms with E-state index in [1.165, 1.54) is 26.0 Å². The maximum atomic E-state index is 14.5. The number of hydrogen-bond donors (Lipinski definition) is 1. The lowest BCUT2D eigenvalue weighted by molar-refractivity contribution is -0.122. The topological polar surface area (TPSA) is 54.5 Å². The number of hydrogen-bond acceptors (Lipinski definition) is 4. The largest absolute Gasteiger partial charge is 0.496 e. The third-order valence-electron chi connectivity index (χ3n) is 5.56. The molecule has 1 saturated carbocycles. The summed E-state index contributed by atoms with van der Waals surface area (Å²) >= 11 is 0. The van der Waals surface area contributed by atoms with Gasteiger partial charge in [-0.2, -0.15) is 0 Å². The van der Waals surface area contributed by atoms with Crippen molar-refractivity contribution in [2.75, 3.05) is 18.6 Å². The van der Waals surface area contributed by atoms with Crippen LogP contribution in [0.4, 0.5) is 10.1 Å². The third kappa shape index (κ3) is 3.36. The molecule has 142 valence electrons. The highest BCUT2D eigenvalue weighted by molar-refractivity contribution is 5.88. The van der Waals surface area contributed by atoms with E-state index in [0.29, 0.717) is 23.8 Å². The number of fused-ring (bicyclic) bond motifs is 1. The molecular weight excluding hydrogens is 345 g/mol. The summed E-state index contributed by atoms with van der Waals surface area (Å²) in [5, 5.41) is 3.07. The Bertz CT molecular complexity index is 853. The highest BCUT2D eigenvalue weighted by Crippen LogP contribution is 2.41. The van der Waals surface area contributed by atoms with Crippen molar-refractivity contribution in [2.45, 2.75) is 38.3 Å². The van der Waals surface area contributed by atoms with E-state index in [1.54, 1.807) is 18.3 Å². The highest BCUT2D eigenvalue weighted by Gasteiger charge is 2.42. The number of ether oxygens (including phenoxy) is 1. The lowest BCUT2D eigenvalue weighted by atomic mass is 9.99. The van der Waals surface area contributed by atoms with E-state index < -0.39 is 0 Å². The Morgan fingerprint density at radius 1 is 1.33 bits per heavy atom. The summed E-state index contributed by atoms with van der Waals surface area (Å²) in [5.41, 5.74) is 2.12. The van der Waals surface area contributed by atoms with E-state index in [2.05, 4.69) is 10.3 Å². The van der Waals surface area contributed by atoms with Gasteiger partial charge in [0.2, 0.25) is 5.91 Å². The van der Waals surface area contributed by atoms with Gasteiger partial charge in [-0.25, -0.2) is 4.39 Å². The molecule has 2 heterocycles. The van der Waals surface area contributed by atoms with Crippen LogP contribution < -0.4 is 15.0 Å². The second-order valence-corrected chi connectivity index (χ2v) is 7.36. The first-order valence-electron chi connectivity index (χ1n) is 9.40. The number of carbonyl (C=O) groups is 1. The van der Waals surface area contributed by atoms with E-state index in [-0.39, 0.29) is 23.7 Å². The number of rotatable bonds is 6. The summed E-state index contributed by atoms with van der Waals surface area (Å²) in [7, 11) is 1.54. The molecular formula is C21H24FN3O2. The summed E-state index contributed by atoms with van der Waals surface area (Å²) in [6.45, 7) is 3.05. The molecule has 1 aliphatic heterocycles. The van der Waals surface area contributed by atoms with Crippen LogP contribution in [0.5, 0.6) is 5.75 Å². The molecule has 1 amide bonds. The van der Waals surface area contributed by atoms with Crippen LogP contribution in [0.1, 0.15) is 36.9 Å². The molecule has 1 N–H and O–H groups in total. The van der Waals surface area contributed by atoms with Gasteiger partial charge in [-0.05, 0) is 49.9 Å². The molecule has 2 aromatic rings. The zero-order valence-electron chi connectivity index (χ0n) is 15.6. The van der Waals surface area contributed by atoms with Crippen LogP contribution >= 0.6 is 0 Å². The van der Waals surface area contributed by atoms with Gasteiger partial charge in [-0.1, -0.05) is 6.07 Å². The Balaban J connectivity index is 1.63. The SMILES string of the molecule is COc1cccc(F)c1CN1c2cccnc2C(C(=O)NCC2CC2)C1C. The molecule has 1 aliphatic carbocycles. The average molecular weight is 369 g/mol. The van der Waals surface area contributed by atoms with E-state index >= 15 is 0 Å². The van der Waals surface area contributed by atoms with Crippen LogP contribution in [-0.2, 0) is 11.3 Å². The van der Waals surface area contributed by atoms with Crippen LogP contribution in [0.2, 0.25) is 0 Å². The molecule has 2 unspecified atom stereocenters. The number of amides is 1. The van der Waals surface area contributed by atoms with Crippen molar-refractivity contribution in [1.29, 1.82) is 0 Å². The molecule has 0 bridgehead atoms. The van der Waals surface area contributed by atoms with Gasteiger partial charge in [0, 0.05) is 30.9 Å². The number of nitrogens with zero attached hydrogens (tertiary/aromatic N) is 2. The lowest BCUT2D eigenvalue weighted by Gasteiger charge is -2.27. The number of nitrogens with one attached hydrogen (secondary N) is 1. The molecule has 1 aromatic carbocycles. The third-order valence-corrected chi connectivity index (χ3v) is 5.56. The van der Waals surface area contributed by atoms with Gasteiger partial charge in [0.05, 0.1) is 18.5 Å². The first kappa shape index (κ1) is 17.8. The molecule has 2 aliphatic rings. The Kier molecular flexibility index (Phi) is 4.72. The second kappa shape index (κ2) is 7.18. The van der Waals surface area contributed by atoms with Crippen molar-refractivity contribution in [3.63, 3.8) is 0 Å². The molecule has 6 heteroatoms. The molecule has 2 atom stereocenters. The first-order valence-corrected chi connectivity index (χ1v) is 9.40. The van der Waals surface area contributed by atoms with Crippen LogP contribution in [0.25, 0.3) is 0 Å². The van der Waals surface area contributed by atoms with E-state index in [9.17, 15) is 9.18 Å². The number of aromatic nitrogens is 1. The van der Waals surface area contributed by atoms with Crippen molar-refractivity contribution in [1.82, 2.24) is 10.3 Å². The predicted octanol–water partition coefficient (Wildman–Crippen LogP) is 3.25. The molecule has 27 heavy (non-hydrogen) atoms. The fourth-order valence-corrected chi connectivity index (χ4v) is 3.82. The molecule has 1 aromatic heterocycles. The molecule has 0 radical (unpaired) electrons. The number of carbonyl (C=O) groups excluding carboxylic acids is 1. The molecule has 0 saturated heterocycles. The summed E-state index contributed by atoms with van der Waals surface area (Å²) in [6, 6.07) is 8.49. The number of pyridine rings is 1. The molecule has 5 nitrogen and oxygen atoms in total. The molecule has 4 rings (SSSR count). The van der Waals surface area contributed by atoms with Gasteiger partial charge in [0.25, 0.3) is 0 Å². The standard InChI is InChI=1S/C21H24FN3O2/c1-13-19(21(26)24-11-14-8-9-14)20-17(6-4-10-23-20)25(13)12-15-16(22)5-3-7-18(15)27-2/h3-7,10,13-14,19H,8-9,11-12H2,1-2H3,(H,24,26). The van der Waals surface area contributed by atoms with E-state index in [4.69, 9.17) is 4.74 Å². The molecule has 0 spiro atoms. The lowest BCUT2D eigenvalue weighted by Crippen LogP contribution is -2.39. The predicted molar refractivity (Wildman–Crippen MR) is 101 cm³/mol. The Hall–Kier alpha value is -2.63. The Morgan fingerprint density at radius 3 is 2.89 bits per heavy atom. The minimum absolute atomic E-state index is 0.00245. The number of halogens is 1. The maximum Gasteiger partial charge on any atom is 0.231 e. The monoisotopic (exact) mass is 369 g/mol. The summed E-state index contributed by atoms with van der Waals surface area (Å²) in [5.74, 6) is 0.450. The van der Waals surface area contributed by atoms with Crippen LogP contribution in [-0.4, -0.2) is 30.6 Å². The van der Waals surface area contributed by atoms with Gasteiger partial charge in [-0.15, -0.1) is 0 Å². The maximum absolute atomic E-state index is 14.5. The number of anilines is 1. The van der Waals surface area contributed by atoms with Crippen molar-refractivity contribution in [3.05, 3.63) is 53.6 Å². The van der Waals surface area contributed by atoms with Crippen molar-refractivity contribution in [2.24, 2.45) is 5.92 Å². The van der Waals surface area contributed by atoms with E-state index in [0.717, 1.165) is 17.9 Å². The van der Waals surface area contributed by atoms with Crippen molar-refractivity contribution >= 4 is 11.6 Å². The highest BCUT2D eigenvalue weighted by atomic mass is 19.1. The van der Waals surface area contributed by atoms with Gasteiger partial charge in [0.1, 0.15) is 17.5 Å². The van der Waals surface area contributed by atoms with Gasteiger partial charge >= 0.3 is 0 Å². The van der Waals surface area contributed by atoms with Crippen LogP contribution in [0.15, 0.2) is 36.5 Å². The molecule has 1 fully saturated rings. The first-order chi connectivity index (χ1) is 13.1. The average Bonchev–Trinajstić information content (AvgIpc) is 3.46. The number of methoxy groups -OCH3 is 1. The fraction of sp³-hybridized carbons (Fsp3) is 0.429. The minimum atomic E-state index is -0.363. The normalized spacial score (nSPS) is 21.1. The van der Waals surface area contributed by atoms with Gasteiger partial charge < -0.3 is 15.0 Å².